The van der Waals surface area contributed by atoms with E-state index in [0.717, 1.165) is 5.56 Å². The van der Waals surface area contributed by atoms with Crippen LogP contribution < -0.4 is 5.32 Å². The Balaban J connectivity index is 2.04. The van der Waals surface area contributed by atoms with Crippen molar-refractivity contribution in [3.63, 3.8) is 0 Å². The molecule has 3 aromatic rings. The highest BCUT2D eigenvalue weighted by Gasteiger charge is 2.19. The maximum atomic E-state index is 12.7. The second kappa shape index (κ2) is 6.04. The van der Waals surface area contributed by atoms with E-state index in [1.54, 1.807) is 11.3 Å². The number of aryl methyl sites for hydroxylation is 2. The van der Waals surface area contributed by atoms with Crippen LogP contribution in [0.5, 0.6) is 0 Å². The predicted octanol–water partition coefficient (Wildman–Crippen LogP) is 5.16. The van der Waals surface area contributed by atoms with Crippen LogP contribution in [-0.4, -0.2) is 15.3 Å². The van der Waals surface area contributed by atoms with Gasteiger partial charge in [-0.25, -0.2) is 4.98 Å². The maximum Gasteiger partial charge on any atom is 0.274 e. The molecule has 2 aromatic heterocycles. The van der Waals surface area contributed by atoms with Gasteiger partial charge in [-0.2, -0.15) is 0 Å². The number of aromatic nitrogens is 2. The fourth-order valence-corrected chi connectivity index (χ4v) is 3.28. The van der Waals surface area contributed by atoms with Crippen molar-refractivity contribution in [3.8, 4) is 0 Å². The van der Waals surface area contributed by atoms with E-state index in [1.165, 1.54) is 12.1 Å². The number of halogens is 3. The first-order valence-electron chi connectivity index (χ1n) is 6.78. The molecule has 23 heavy (non-hydrogen) atoms. The van der Waals surface area contributed by atoms with Gasteiger partial charge in [0.1, 0.15) is 11.3 Å². The molecule has 1 N–H and O–H groups in total. The van der Waals surface area contributed by atoms with Gasteiger partial charge in [0.25, 0.3) is 5.91 Å². The Labute approximate surface area is 148 Å². The van der Waals surface area contributed by atoms with Crippen LogP contribution in [0.25, 0.3) is 5.65 Å². The molecule has 118 valence electrons. The minimum atomic E-state index is -0.343. The third kappa shape index (κ3) is 3.02. The number of hydrogen-bond acceptors (Lipinski definition) is 2. The Kier molecular flexibility index (Phi) is 4.23. The second-order valence-electron chi connectivity index (χ2n) is 5.18. The molecule has 1 aromatic carbocycles. The van der Waals surface area contributed by atoms with Gasteiger partial charge in [0.05, 0.1) is 21.4 Å². The normalized spacial score (nSPS) is 11.0. The zero-order chi connectivity index (χ0) is 16.7. The summed E-state index contributed by atoms with van der Waals surface area (Å²) in [6.45, 7) is 3.75. The molecule has 3 rings (SSSR count). The smallest absolute Gasteiger partial charge is 0.274 e. The molecule has 0 saturated heterocycles. The summed E-state index contributed by atoms with van der Waals surface area (Å²) >= 11 is 18.1. The summed E-state index contributed by atoms with van der Waals surface area (Å²) in [5, 5.41) is 3.69. The Bertz CT molecular complexity index is 911. The standard InChI is InChI=1S/C16H12Cl3N3O/c1-8-3-4-22-13(5-8)20-9(2)15(22)16(23)21-14-11(18)6-10(17)7-12(14)19/h3-7H,1-2H3,(H,21,23). The molecule has 0 aliphatic heterocycles. The molecule has 0 spiro atoms. The molecule has 0 aliphatic rings. The van der Waals surface area contributed by atoms with E-state index >= 15 is 0 Å². The molecule has 0 aliphatic carbocycles. The molecular formula is C16H12Cl3N3O. The van der Waals surface area contributed by atoms with Crippen LogP contribution >= 0.6 is 34.8 Å². The summed E-state index contributed by atoms with van der Waals surface area (Å²) in [6.07, 6.45) is 1.81. The fraction of sp³-hybridized carbons (Fsp3) is 0.125. The number of nitrogens with zero attached hydrogens (tertiary/aromatic N) is 2. The molecule has 2 heterocycles. The lowest BCUT2D eigenvalue weighted by Gasteiger charge is -2.10. The van der Waals surface area contributed by atoms with Crippen LogP contribution in [-0.2, 0) is 0 Å². The van der Waals surface area contributed by atoms with Gasteiger partial charge in [-0.05, 0) is 43.7 Å². The summed E-state index contributed by atoms with van der Waals surface area (Å²) in [5.41, 5.74) is 3.15. The largest absolute Gasteiger partial charge is 0.318 e. The van der Waals surface area contributed by atoms with Gasteiger partial charge in [-0.15, -0.1) is 0 Å². The summed E-state index contributed by atoms with van der Waals surface area (Å²) in [6, 6.07) is 6.86. The van der Waals surface area contributed by atoms with Gasteiger partial charge >= 0.3 is 0 Å². The van der Waals surface area contributed by atoms with E-state index in [1.807, 2.05) is 25.3 Å². The molecule has 4 nitrogen and oxygen atoms in total. The number of carbonyl (C=O) groups is 1. The summed E-state index contributed by atoms with van der Waals surface area (Å²) < 4.78 is 1.73. The van der Waals surface area contributed by atoms with E-state index in [2.05, 4.69) is 10.3 Å². The third-order valence-electron chi connectivity index (χ3n) is 3.42. The van der Waals surface area contributed by atoms with Gasteiger partial charge in [-0.3, -0.25) is 9.20 Å². The number of hydrogen-bond donors (Lipinski definition) is 1. The summed E-state index contributed by atoms with van der Waals surface area (Å²) in [4.78, 5) is 17.1. The van der Waals surface area contributed by atoms with Crippen molar-refractivity contribution in [2.75, 3.05) is 5.32 Å². The number of benzene rings is 1. The number of carbonyl (C=O) groups excluding carboxylic acids is 1. The maximum absolute atomic E-state index is 12.7. The van der Waals surface area contributed by atoms with Crippen molar-refractivity contribution in [2.24, 2.45) is 0 Å². The number of rotatable bonds is 2. The van der Waals surface area contributed by atoms with Crippen molar-refractivity contribution in [2.45, 2.75) is 13.8 Å². The molecule has 1 amide bonds. The van der Waals surface area contributed by atoms with E-state index < -0.39 is 0 Å². The van der Waals surface area contributed by atoms with Crippen LogP contribution in [0.1, 0.15) is 21.7 Å². The van der Waals surface area contributed by atoms with Crippen molar-refractivity contribution >= 4 is 52.0 Å². The van der Waals surface area contributed by atoms with Crippen molar-refractivity contribution < 1.29 is 4.79 Å². The summed E-state index contributed by atoms with van der Waals surface area (Å²) in [5.74, 6) is -0.343. The SMILES string of the molecule is Cc1ccn2c(C(=O)Nc3c(Cl)cc(Cl)cc3Cl)c(C)nc2c1. The predicted molar refractivity (Wildman–Crippen MR) is 94.1 cm³/mol. The first-order chi connectivity index (χ1) is 10.9. The van der Waals surface area contributed by atoms with Gasteiger partial charge in [0.2, 0.25) is 0 Å². The summed E-state index contributed by atoms with van der Waals surface area (Å²) in [7, 11) is 0. The van der Waals surface area contributed by atoms with Crippen LogP contribution in [0.15, 0.2) is 30.5 Å². The zero-order valence-electron chi connectivity index (χ0n) is 12.3. The molecule has 0 unspecified atom stereocenters. The van der Waals surface area contributed by atoms with Crippen LogP contribution in [0.3, 0.4) is 0 Å². The van der Waals surface area contributed by atoms with Crippen LogP contribution in [0.2, 0.25) is 15.1 Å². The quantitative estimate of drug-likeness (QED) is 0.679. The van der Waals surface area contributed by atoms with Crippen molar-refractivity contribution in [1.82, 2.24) is 9.38 Å². The molecule has 0 bridgehead atoms. The minimum Gasteiger partial charge on any atom is -0.318 e. The first-order valence-corrected chi connectivity index (χ1v) is 7.91. The third-order valence-corrected chi connectivity index (χ3v) is 4.23. The highest BCUT2D eigenvalue weighted by molar-refractivity contribution is 6.42. The zero-order valence-corrected chi connectivity index (χ0v) is 14.6. The number of fused-ring (bicyclic) bond motifs is 1. The Morgan fingerprint density at radius 1 is 1.13 bits per heavy atom. The van der Waals surface area contributed by atoms with Crippen LogP contribution in [0, 0.1) is 13.8 Å². The monoisotopic (exact) mass is 367 g/mol. The lowest BCUT2D eigenvalue weighted by molar-refractivity contribution is 0.102. The molecular weight excluding hydrogens is 357 g/mol. The van der Waals surface area contributed by atoms with Crippen molar-refractivity contribution in [3.05, 3.63) is 62.5 Å². The number of pyridine rings is 1. The van der Waals surface area contributed by atoms with Gasteiger partial charge in [-0.1, -0.05) is 34.8 Å². The number of imidazole rings is 1. The van der Waals surface area contributed by atoms with Crippen molar-refractivity contribution in [1.29, 1.82) is 0 Å². The van der Waals surface area contributed by atoms with Gasteiger partial charge < -0.3 is 5.32 Å². The average molecular weight is 369 g/mol. The Hall–Kier alpha value is -1.75. The topological polar surface area (TPSA) is 46.4 Å². The van der Waals surface area contributed by atoms with E-state index in [9.17, 15) is 4.79 Å². The molecule has 0 saturated carbocycles. The van der Waals surface area contributed by atoms with Gasteiger partial charge in [0.15, 0.2) is 0 Å². The fourth-order valence-electron chi connectivity index (χ4n) is 2.37. The Morgan fingerprint density at radius 2 is 1.78 bits per heavy atom. The first kappa shape index (κ1) is 16.1. The van der Waals surface area contributed by atoms with Gasteiger partial charge in [0, 0.05) is 11.2 Å². The van der Waals surface area contributed by atoms with E-state index in [4.69, 9.17) is 34.8 Å². The second-order valence-corrected chi connectivity index (χ2v) is 6.43. The van der Waals surface area contributed by atoms with E-state index in [0.29, 0.717) is 27.7 Å². The minimum absolute atomic E-state index is 0.276. The highest BCUT2D eigenvalue weighted by Crippen LogP contribution is 2.34. The number of anilines is 1. The molecule has 0 radical (unpaired) electrons. The average Bonchev–Trinajstić information content (AvgIpc) is 2.77. The lowest BCUT2D eigenvalue weighted by atomic mass is 10.2. The van der Waals surface area contributed by atoms with E-state index in [-0.39, 0.29) is 16.0 Å². The molecule has 7 heteroatoms. The van der Waals surface area contributed by atoms with Crippen LogP contribution in [0.4, 0.5) is 5.69 Å². The lowest BCUT2D eigenvalue weighted by Crippen LogP contribution is -2.16. The Morgan fingerprint density at radius 3 is 2.43 bits per heavy atom. The number of amides is 1. The molecule has 0 fully saturated rings. The highest BCUT2D eigenvalue weighted by atomic mass is 35.5. The number of nitrogens with one attached hydrogen (secondary N) is 1. The molecule has 0 atom stereocenters.